The molecule has 3 aromatic carbocycles. The Morgan fingerprint density at radius 1 is 0.839 bits per heavy atom. The first-order valence-corrected chi connectivity index (χ1v) is 9.75. The van der Waals surface area contributed by atoms with E-state index in [1.807, 2.05) is 36.4 Å². The van der Waals surface area contributed by atoms with Crippen LogP contribution in [0.4, 0.5) is 5.69 Å². The number of nitrogens with one attached hydrogen (secondary N) is 1. The van der Waals surface area contributed by atoms with Gasteiger partial charge in [-0.15, -0.1) is 0 Å². The monoisotopic (exact) mass is 416 g/mol. The SMILES string of the molecule is NC(N)=Nc1ccc(CNC(=O)C(C(=O)OCc2ccccc2)c2ccccc2)cc1. The fraction of sp³-hybridized carbons (Fsp3) is 0.125. The Balaban J connectivity index is 1.68. The van der Waals surface area contributed by atoms with Crippen molar-refractivity contribution in [3.05, 3.63) is 102 Å². The summed E-state index contributed by atoms with van der Waals surface area (Å²) in [5, 5.41) is 2.81. The molecule has 7 nitrogen and oxygen atoms in total. The number of hydrogen-bond acceptors (Lipinski definition) is 4. The smallest absolute Gasteiger partial charge is 0.323 e. The Labute approximate surface area is 180 Å². The molecule has 0 saturated heterocycles. The van der Waals surface area contributed by atoms with Crippen LogP contribution in [0, 0.1) is 0 Å². The number of ether oxygens (including phenoxy) is 1. The molecule has 1 atom stereocenters. The van der Waals surface area contributed by atoms with Crippen LogP contribution >= 0.6 is 0 Å². The summed E-state index contributed by atoms with van der Waals surface area (Å²) in [7, 11) is 0. The van der Waals surface area contributed by atoms with Gasteiger partial charge >= 0.3 is 5.97 Å². The number of rotatable bonds is 8. The van der Waals surface area contributed by atoms with Crippen LogP contribution < -0.4 is 16.8 Å². The molecule has 0 radical (unpaired) electrons. The Morgan fingerprint density at radius 2 is 1.45 bits per heavy atom. The fourth-order valence-electron chi connectivity index (χ4n) is 2.98. The summed E-state index contributed by atoms with van der Waals surface area (Å²) in [6.07, 6.45) is 0. The molecule has 1 amide bonds. The third-order valence-corrected chi connectivity index (χ3v) is 4.52. The molecular weight excluding hydrogens is 392 g/mol. The van der Waals surface area contributed by atoms with E-state index in [9.17, 15) is 9.59 Å². The van der Waals surface area contributed by atoms with Crippen LogP contribution in [0.5, 0.6) is 0 Å². The zero-order valence-electron chi connectivity index (χ0n) is 16.9. The minimum Gasteiger partial charge on any atom is -0.460 e. The molecule has 0 aliphatic heterocycles. The van der Waals surface area contributed by atoms with Gasteiger partial charge in [0, 0.05) is 6.54 Å². The molecule has 158 valence electrons. The number of carbonyl (C=O) groups is 2. The largest absolute Gasteiger partial charge is 0.460 e. The van der Waals surface area contributed by atoms with Gasteiger partial charge in [-0.05, 0) is 28.8 Å². The molecule has 3 rings (SSSR count). The van der Waals surface area contributed by atoms with Crippen LogP contribution in [0.3, 0.4) is 0 Å². The highest BCUT2D eigenvalue weighted by molar-refractivity contribution is 6.03. The molecule has 0 aliphatic rings. The van der Waals surface area contributed by atoms with E-state index < -0.39 is 17.8 Å². The van der Waals surface area contributed by atoms with Gasteiger partial charge in [0.25, 0.3) is 0 Å². The minimum atomic E-state index is -1.06. The number of esters is 1. The number of guanidine groups is 1. The van der Waals surface area contributed by atoms with E-state index in [0.29, 0.717) is 11.3 Å². The van der Waals surface area contributed by atoms with E-state index in [4.69, 9.17) is 16.2 Å². The quantitative estimate of drug-likeness (QED) is 0.226. The van der Waals surface area contributed by atoms with Gasteiger partial charge in [-0.2, -0.15) is 0 Å². The fourth-order valence-corrected chi connectivity index (χ4v) is 2.98. The van der Waals surface area contributed by atoms with Crippen molar-refractivity contribution < 1.29 is 14.3 Å². The number of aliphatic imine (C=N–C) groups is 1. The van der Waals surface area contributed by atoms with Gasteiger partial charge in [-0.1, -0.05) is 72.8 Å². The molecule has 7 heteroatoms. The number of carbonyl (C=O) groups excluding carboxylic acids is 2. The van der Waals surface area contributed by atoms with E-state index in [-0.39, 0.29) is 19.1 Å². The van der Waals surface area contributed by atoms with Gasteiger partial charge in [0.05, 0.1) is 5.69 Å². The van der Waals surface area contributed by atoms with Gasteiger partial charge in [0.15, 0.2) is 11.9 Å². The van der Waals surface area contributed by atoms with E-state index in [2.05, 4.69) is 10.3 Å². The van der Waals surface area contributed by atoms with Gasteiger partial charge < -0.3 is 21.5 Å². The van der Waals surface area contributed by atoms with Crippen LogP contribution in [-0.2, 0) is 27.5 Å². The molecule has 0 saturated carbocycles. The summed E-state index contributed by atoms with van der Waals surface area (Å²) in [4.78, 5) is 29.7. The molecule has 0 aliphatic carbocycles. The number of hydrogen-bond donors (Lipinski definition) is 3. The number of benzene rings is 3. The van der Waals surface area contributed by atoms with Gasteiger partial charge in [0.2, 0.25) is 5.91 Å². The van der Waals surface area contributed by atoms with Crippen molar-refractivity contribution in [1.82, 2.24) is 5.32 Å². The topological polar surface area (TPSA) is 120 Å². The molecule has 0 bridgehead atoms. The summed E-state index contributed by atoms with van der Waals surface area (Å²) in [6, 6.07) is 25.3. The van der Waals surface area contributed by atoms with Crippen molar-refractivity contribution in [3.8, 4) is 0 Å². The Kier molecular flexibility index (Phi) is 7.37. The van der Waals surface area contributed by atoms with Gasteiger partial charge in [-0.25, -0.2) is 4.99 Å². The Bertz CT molecular complexity index is 1030. The van der Waals surface area contributed by atoms with E-state index in [1.165, 1.54) is 0 Å². The second-order valence-electron chi connectivity index (χ2n) is 6.86. The van der Waals surface area contributed by atoms with Crippen molar-refractivity contribution in [1.29, 1.82) is 0 Å². The molecule has 0 fully saturated rings. The van der Waals surface area contributed by atoms with E-state index >= 15 is 0 Å². The summed E-state index contributed by atoms with van der Waals surface area (Å²) in [6.45, 7) is 0.346. The van der Waals surface area contributed by atoms with Crippen LogP contribution in [0.2, 0.25) is 0 Å². The predicted octanol–water partition coefficient (Wildman–Crippen LogP) is 2.73. The zero-order valence-corrected chi connectivity index (χ0v) is 16.9. The number of amides is 1. The van der Waals surface area contributed by atoms with Crippen LogP contribution in [-0.4, -0.2) is 17.8 Å². The van der Waals surface area contributed by atoms with Crippen molar-refractivity contribution in [3.63, 3.8) is 0 Å². The lowest BCUT2D eigenvalue weighted by Gasteiger charge is -2.17. The highest BCUT2D eigenvalue weighted by Gasteiger charge is 2.29. The van der Waals surface area contributed by atoms with Gasteiger partial charge in [0.1, 0.15) is 6.61 Å². The summed E-state index contributed by atoms with van der Waals surface area (Å²) in [5.74, 6) is -2.13. The van der Waals surface area contributed by atoms with Crippen molar-refractivity contribution in [2.24, 2.45) is 16.5 Å². The molecule has 0 aromatic heterocycles. The molecular formula is C24H24N4O3. The summed E-state index contributed by atoms with van der Waals surface area (Å²) < 4.78 is 5.43. The average molecular weight is 416 g/mol. The first-order chi connectivity index (χ1) is 15.0. The molecule has 1 unspecified atom stereocenters. The normalized spacial score (nSPS) is 11.2. The molecule has 31 heavy (non-hydrogen) atoms. The van der Waals surface area contributed by atoms with Crippen LogP contribution in [0.25, 0.3) is 0 Å². The lowest BCUT2D eigenvalue weighted by molar-refractivity contribution is -0.150. The Morgan fingerprint density at radius 3 is 2.06 bits per heavy atom. The maximum atomic E-state index is 12.9. The van der Waals surface area contributed by atoms with Crippen LogP contribution in [0.1, 0.15) is 22.6 Å². The minimum absolute atomic E-state index is 0.0271. The Hall–Kier alpha value is -4.13. The molecule has 0 spiro atoms. The zero-order chi connectivity index (χ0) is 22.1. The lowest BCUT2D eigenvalue weighted by Crippen LogP contribution is -2.34. The lowest BCUT2D eigenvalue weighted by atomic mass is 9.98. The van der Waals surface area contributed by atoms with Gasteiger partial charge in [-0.3, -0.25) is 9.59 Å². The van der Waals surface area contributed by atoms with Crippen molar-refractivity contribution in [2.45, 2.75) is 19.1 Å². The van der Waals surface area contributed by atoms with E-state index in [0.717, 1.165) is 11.1 Å². The van der Waals surface area contributed by atoms with Crippen LogP contribution in [0.15, 0.2) is 89.9 Å². The number of nitrogens with zero attached hydrogens (tertiary/aromatic N) is 1. The second-order valence-corrected chi connectivity index (χ2v) is 6.86. The second kappa shape index (κ2) is 10.6. The van der Waals surface area contributed by atoms with Crippen molar-refractivity contribution >= 4 is 23.5 Å². The predicted molar refractivity (Wildman–Crippen MR) is 119 cm³/mol. The average Bonchev–Trinajstić information content (AvgIpc) is 2.78. The highest BCUT2D eigenvalue weighted by Crippen LogP contribution is 2.19. The van der Waals surface area contributed by atoms with E-state index in [1.54, 1.807) is 48.5 Å². The maximum Gasteiger partial charge on any atom is 0.323 e. The first-order valence-electron chi connectivity index (χ1n) is 9.75. The third-order valence-electron chi connectivity index (χ3n) is 4.52. The third kappa shape index (κ3) is 6.43. The summed E-state index contributed by atoms with van der Waals surface area (Å²) >= 11 is 0. The number of nitrogens with two attached hydrogens (primary N) is 2. The molecule has 0 heterocycles. The maximum absolute atomic E-state index is 12.9. The summed E-state index contributed by atoms with van der Waals surface area (Å²) in [5.41, 5.74) is 13.6. The molecule has 3 aromatic rings. The standard InChI is InChI=1S/C24H24N4O3/c25-24(26)28-20-13-11-17(12-14-20)15-27-22(29)21(19-9-5-2-6-10-19)23(30)31-16-18-7-3-1-4-8-18/h1-14,21H,15-16H2,(H,27,29)(H4,25,26,28). The first kappa shape index (κ1) is 21.6. The highest BCUT2D eigenvalue weighted by atomic mass is 16.5. The van der Waals surface area contributed by atoms with Crippen molar-refractivity contribution in [2.75, 3.05) is 0 Å². The molecule has 5 N–H and O–H groups in total.